The molecule has 0 radical (unpaired) electrons. The molecule has 0 atom stereocenters. The van der Waals surface area contributed by atoms with Crippen LogP contribution in [0.3, 0.4) is 0 Å². The van der Waals surface area contributed by atoms with Crippen LogP contribution in [0.4, 0.5) is 11.4 Å². The van der Waals surface area contributed by atoms with E-state index in [2.05, 4.69) is 0 Å². The van der Waals surface area contributed by atoms with E-state index in [1.165, 1.54) is 12.1 Å². The number of anilines is 1. The monoisotopic (exact) mass is 308 g/mol. The molecule has 0 saturated heterocycles. The molecule has 104 valence electrons. The van der Waals surface area contributed by atoms with E-state index in [4.69, 9.17) is 17.3 Å². The fourth-order valence-corrected chi connectivity index (χ4v) is 2.96. The highest BCUT2D eigenvalue weighted by Crippen LogP contribution is 2.29. The summed E-state index contributed by atoms with van der Waals surface area (Å²) < 4.78 is 0. The number of aryl methyl sites for hydroxylation is 1. The van der Waals surface area contributed by atoms with Gasteiger partial charge in [-0.2, -0.15) is 0 Å². The van der Waals surface area contributed by atoms with E-state index in [-0.39, 0.29) is 5.69 Å². The molecule has 0 heterocycles. The Morgan fingerprint density at radius 2 is 1.90 bits per heavy atom. The van der Waals surface area contributed by atoms with E-state index in [9.17, 15) is 10.1 Å². The molecule has 0 amide bonds. The Labute approximate surface area is 126 Å². The van der Waals surface area contributed by atoms with Gasteiger partial charge >= 0.3 is 0 Å². The summed E-state index contributed by atoms with van der Waals surface area (Å²) in [6, 6.07) is 12.0. The van der Waals surface area contributed by atoms with Crippen molar-refractivity contribution in [2.75, 3.05) is 11.5 Å². The van der Waals surface area contributed by atoms with Gasteiger partial charge in [0, 0.05) is 28.5 Å². The van der Waals surface area contributed by atoms with E-state index in [0.717, 1.165) is 22.6 Å². The van der Waals surface area contributed by atoms with Crippen molar-refractivity contribution in [1.82, 2.24) is 0 Å². The minimum absolute atomic E-state index is 0.111. The first-order valence-electron chi connectivity index (χ1n) is 5.97. The normalized spacial score (nSPS) is 10.4. The van der Waals surface area contributed by atoms with E-state index < -0.39 is 4.92 Å². The molecule has 0 aromatic heterocycles. The third-order valence-electron chi connectivity index (χ3n) is 2.75. The predicted octanol–water partition coefficient (Wildman–Crippen LogP) is 4.17. The summed E-state index contributed by atoms with van der Waals surface area (Å²) in [4.78, 5) is 11.1. The highest BCUT2D eigenvalue weighted by Gasteiger charge is 2.05. The predicted molar refractivity (Wildman–Crippen MR) is 83.4 cm³/mol. The molecule has 0 spiro atoms. The zero-order valence-electron chi connectivity index (χ0n) is 10.6. The number of thioether (sulfide) groups is 1. The fraction of sp³-hybridized carbons (Fsp3) is 0.143. The van der Waals surface area contributed by atoms with E-state index in [1.807, 2.05) is 6.07 Å². The van der Waals surface area contributed by atoms with Gasteiger partial charge in [0.2, 0.25) is 0 Å². The second-order valence-electron chi connectivity index (χ2n) is 4.21. The van der Waals surface area contributed by atoms with Gasteiger partial charge in [-0.25, -0.2) is 0 Å². The first kappa shape index (κ1) is 14.7. The van der Waals surface area contributed by atoms with Gasteiger partial charge in [-0.15, -0.1) is 11.8 Å². The Morgan fingerprint density at radius 1 is 1.20 bits per heavy atom. The Hall–Kier alpha value is -1.72. The highest BCUT2D eigenvalue weighted by molar-refractivity contribution is 7.99. The van der Waals surface area contributed by atoms with Crippen LogP contribution in [0.15, 0.2) is 47.4 Å². The molecule has 0 fully saturated rings. The van der Waals surface area contributed by atoms with E-state index in [1.54, 1.807) is 36.0 Å². The van der Waals surface area contributed by atoms with Gasteiger partial charge in [0.1, 0.15) is 0 Å². The summed E-state index contributed by atoms with van der Waals surface area (Å²) in [5, 5.41) is 11.2. The SMILES string of the molecule is Nc1ccc(Cl)c(SCCc2ccc([N+](=O)[O-])cc2)c1. The van der Waals surface area contributed by atoms with Crippen LogP contribution in [0.1, 0.15) is 5.56 Å². The van der Waals surface area contributed by atoms with Crippen LogP contribution in [-0.2, 0) is 6.42 Å². The summed E-state index contributed by atoms with van der Waals surface area (Å²) in [5.74, 6) is 0.834. The van der Waals surface area contributed by atoms with Gasteiger partial charge in [0.25, 0.3) is 5.69 Å². The topological polar surface area (TPSA) is 69.2 Å². The molecule has 2 aromatic rings. The molecular formula is C14H13ClN2O2S. The second-order valence-corrected chi connectivity index (χ2v) is 5.76. The third kappa shape index (κ3) is 3.88. The fourth-order valence-electron chi connectivity index (χ4n) is 1.69. The number of hydrogen-bond donors (Lipinski definition) is 1. The summed E-state index contributed by atoms with van der Waals surface area (Å²) >= 11 is 7.70. The lowest BCUT2D eigenvalue weighted by Crippen LogP contribution is -1.92. The van der Waals surface area contributed by atoms with Crippen molar-refractivity contribution in [3.05, 3.63) is 63.2 Å². The van der Waals surface area contributed by atoms with Crippen LogP contribution in [0, 0.1) is 10.1 Å². The van der Waals surface area contributed by atoms with Crippen LogP contribution < -0.4 is 5.73 Å². The Balaban J connectivity index is 1.92. The number of benzene rings is 2. The van der Waals surface area contributed by atoms with Crippen molar-refractivity contribution in [1.29, 1.82) is 0 Å². The number of nitrogens with zero attached hydrogens (tertiary/aromatic N) is 1. The van der Waals surface area contributed by atoms with Crippen LogP contribution in [-0.4, -0.2) is 10.7 Å². The van der Waals surface area contributed by atoms with Crippen LogP contribution >= 0.6 is 23.4 Å². The van der Waals surface area contributed by atoms with Crippen molar-refractivity contribution in [3.63, 3.8) is 0 Å². The number of nitro benzene ring substituents is 1. The molecule has 0 aliphatic carbocycles. The summed E-state index contributed by atoms with van der Waals surface area (Å²) in [6.07, 6.45) is 0.813. The molecule has 0 saturated carbocycles. The van der Waals surface area contributed by atoms with Crippen molar-refractivity contribution < 1.29 is 4.92 Å². The summed E-state index contributed by atoms with van der Waals surface area (Å²) in [5.41, 5.74) is 7.58. The molecule has 0 aliphatic rings. The zero-order chi connectivity index (χ0) is 14.5. The number of hydrogen-bond acceptors (Lipinski definition) is 4. The van der Waals surface area contributed by atoms with Crippen LogP contribution in [0.2, 0.25) is 5.02 Å². The minimum Gasteiger partial charge on any atom is -0.399 e. The lowest BCUT2D eigenvalue weighted by molar-refractivity contribution is -0.384. The molecule has 20 heavy (non-hydrogen) atoms. The number of nitrogens with two attached hydrogens (primary N) is 1. The Bertz CT molecular complexity index is 617. The lowest BCUT2D eigenvalue weighted by atomic mass is 10.1. The van der Waals surface area contributed by atoms with Gasteiger partial charge in [-0.05, 0) is 30.2 Å². The van der Waals surface area contributed by atoms with Crippen molar-refractivity contribution >= 4 is 34.7 Å². The van der Waals surface area contributed by atoms with Gasteiger partial charge in [0.15, 0.2) is 0 Å². The molecule has 2 aromatic carbocycles. The molecule has 0 aliphatic heterocycles. The van der Waals surface area contributed by atoms with Gasteiger partial charge in [0.05, 0.1) is 9.95 Å². The average Bonchev–Trinajstić information content (AvgIpc) is 2.43. The molecular weight excluding hydrogens is 296 g/mol. The van der Waals surface area contributed by atoms with Crippen LogP contribution in [0.5, 0.6) is 0 Å². The number of rotatable bonds is 5. The maximum atomic E-state index is 10.6. The molecule has 4 nitrogen and oxygen atoms in total. The largest absolute Gasteiger partial charge is 0.399 e. The number of non-ortho nitro benzene ring substituents is 1. The third-order valence-corrected chi connectivity index (χ3v) is 4.25. The first-order valence-corrected chi connectivity index (χ1v) is 7.34. The summed E-state index contributed by atoms with van der Waals surface area (Å²) in [7, 11) is 0. The maximum Gasteiger partial charge on any atom is 0.269 e. The minimum atomic E-state index is -0.398. The van der Waals surface area contributed by atoms with Gasteiger partial charge in [-0.3, -0.25) is 10.1 Å². The van der Waals surface area contributed by atoms with Crippen molar-refractivity contribution in [2.45, 2.75) is 11.3 Å². The van der Waals surface area contributed by atoms with E-state index in [0.29, 0.717) is 10.7 Å². The molecule has 0 unspecified atom stereocenters. The first-order chi connectivity index (χ1) is 9.56. The molecule has 2 N–H and O–H groups in total. The highest BCUT2D eigenvalue weighted by atomic mass is 35.5. The zero-order valence-corrected chi connectivity index (χ0v) is 12.2. The second kappa shape index (κ2) is 6.63. The Kier molecular flexibility index (Phi) is 4.87. The maximum absolute atomic E-state index is 10.6. The lowest BCUT2D eigenvalue weighted by Gasteiger charge is -2.05. The van der Waals surface area contributed by atoms with Crippen molar-refractivity contribution in [2.24, 2.45) is 0 Å². The summed E-state index contributed by atoms with van der Waals surface area (Å²) in [6.45, 7) is 0. The van der Waals surface area contributed by atoms with E-state index >= 15 is 0 Å². The molecule has 2 rings (SSSR count). The number of nitrogen functional groups attached to an aromatic ring is 1. The number of halogens is 1. The smallest absolute Gasteiger partial charge is 0.269 e. The number of nitro groups is 1. The van der Waals surface area contributed by atoms with Crippen molar-refractivity contribution in [3.8, 4) is 0 Å². The molecule has 6 heteroatoms. The quantitative estimate of drug-likeness (QED) is 0.389. The average molecular weight is 309 g/mol. The molecule has 0 bridgehead atoms. The van der Waals surface area contributed by atoms with Gasteiger partial charge < -0.3 is 5.73 Å². The van der Waals surface area contributed by atoms with Crippen LogP contribution in [0.25, 0.3) is 0 Å². The standard InChI is InChI=1S/C14H13ClN2O2S/c15-13-6-3-11(16)9-14(13)20-8-7-10-1-4-12(5-2-10)17(18)19/h1-6,9H,7-8,16H2. The van der Waals surface area contributed by atoms with Gasteiger partial charge in [-0.1, -0.05) is 23.7 Å². The Morgan fingerprint density at radius 3 is 2.55 bits per heavy atom.